The molecular weight excluding hydrogens is 400 g/mol. The third-order valence-corrected chi connectivity index (χ3v) is 6.26. The summed E-state index contributed by atoms with van der Waals surface area (Å²) >= 11 is 0. The number of hydrogen-bond donors (Lipinski definition) is 0. The largest absolute Gasteiger partial charge is 0.383 e. The lowest BCUT2D eigenvalue weighted by atomic mass is 9.85. The van der Waals surface area contributed by atoms with Gasteiger partial charge in [-0.1, -0.05) is 38.1 Å². The van der Waals surface area contributed by atoms with E-state index in [0.29, 0.717) is 13.2 Å². The summed E-state index contributed by atoms with van der Waals surface area (Å²) in [7, 11) is 3.44. The number of carbonyl (C=O) groups excluding carboxylic acids is 1. The van der Waals surface area contributed by atoms with E-state index >= 15 is 0 Å². The maximum absolute atomic E-state index is 13.2. The molecule has 2 rings (SSSR count). The van der Waals surface area contributed by atoms with E-state index in [-0.39, 0.29) is 17.6 Å². The minimum Gasteiger partial charge on any atom is -0.383 e. The highest BCUT2D eigenvalue weighted by Gasteiger charge is 2.23. The lowest BCUT2D eigenvalue weighted by Gasteiger charge is -2.24. The van der Waals surface area contributed by atoms with E-state index in [1.54, 1.807) is 14.2 Å². The molecule has 0 heterocycles. The van der Waals surface area contributed by atoms with E-state index in [1.807, 2.05) is 13.8 Å². The Morgan fingerprint density at radius 1 is 0.719 bits per heavy atom. The number of Topliss-reactive ketones (excluding diaryl/α,β-unsaturated/α-hetero) is 1. The Morgan fingerprint density at radius 3 is 1.34 bits per heavy atom. The topological polar surface area (TPSA) is 42.0 Å². The fraction of sp³-hybridized carbons (Fsp3) is 0.519. The quantitative estimate of drug-likeness (QED) is 0.408. The van der Waals surface area contributed by atoms with Gasteiger partial charge in [-0.15, -0.1) is 0 Å². The van der Waals surface area contributed by atoms with Gasteiger partial charge in [-0.05, 0) is 49.2 Å². The summed E-state index contributed by atoms with van der Waals surface area (Å²) in [6.45, 7) is 13.2. The molecule has 0 bridgehead atoms. The van der Waals surface area contributed by atoms with Crippen molar-refractivity contribution in [3.63, 3.8) is 0 Å². The number of benzene rings is 2. The van der Waals surface area contributed by atoms with Gasteiger partial charge >= 0.3 is 0 Å². The van der Waals surface area contributed by atoms with E-state index in [0.717, 1.165) is 48.7 Å². The number of likely N-dealkylation sites (N-methyl/N-ethyl adjacent to an activating group) is 2. The second-order valence-electron chi connectivity index (χ2n) is 8.17. The van der Waals surface area contributed by atoms with E-state index in [9.17, 15) is 4.79 Å². The van der Waals surface area contributed by atoms with Crippen LogP contribution in [0.3, 0.4) is 0 Å². The summed E-state index contributed by atoms with van der Waals surface area (Å²) in [5.41, 5.74) is 4.43. The zero-order valence-corrected chi connectivity index (χ0v) is 20.6. The van der Waals surface area contributed by atoms with Gasteiger partial charge in [-0.3, -0.25) is 4.79 Å². The molecule has 176 valence electrons. The summed E-state index contributed by atoms with van der Waals surface area (Å²) in [6, 6.07) is 16.8. The van der Waals surface area contributed by atoms with Gasteiger partial charge < -0.3 is 19.3 Å². The average molecular weight is 441 g/mol. The number of methoxy groups -OCH3 is 2. The van der Waals surface area contributed by atoms with Crippen LogP contribution in [0.5, 0.6) is 0 Å². The van der Waals surface area contributed by atoms with Gasteiger partial charge in [0.15, 0.2) is 0 Å². The van der Waals surface area contributed by atoms with Crippen LogP contribution in [-0.2, 0) is 14.3 Å². The lowest BCUT2D eigenvalue weighted by molar-refractivity contribution is -0.121. The Balaban J connectivity index is 2.06. The molecule has 2 aromatic carbocycles. The number of rotatable bonds is 14. The fourth-order valence-corrected chi connectivity index (χ4v) is 3.99. The summed E-state index contributed by atoms with van der Waals surface area (Å²) in [5, 5.41) is 0. The minimum absolute atomic E-state index is 0.151. The van der Waals surface area contributed by atoms with Crippen LogP contribution in [0.2, 0.25) is 0 Å². The highest BCUT2D eigenvalue weighted by Crippen LogP contribution is 2.29. The monoisotopic (exact) mass is 440 g/mol. The second kappa shape index (κ2) is 13.2. The van der Waals surface area contributed by atoms with Crippen molar-refractivity contribution in [3.05, 3.63) is 59.7 Å². The Labute approximate surface area is 194 Å². The van der Waals surface area contributed by atoms with Crippen molar-refractivity contribution in [1.29, 1.82) is 0 Å². The Hall–Kier alpha value is -2.37. The predicted octanol–water partition coefficient (Wildman–Crippen LogP) is 5.11. The van der Waals surface area contributed by atoms with Gasteiger partial charge in [0.2, 0.25) is 0 Å². The summed E-state index contributed by atoms with van der Waals surface area (Å²) in [6.07, 6.45) is 0. The molecule has 0 aliphatic heterocycles. The van der Waals surface area contributed by atoms with E-state index in [2.05, 4.69) is 72.2 Å². The second-order valence-corrected chi connectivity index (χ2v) is 8.17. The van der Waals surface area contributed by atoms with Crippen LogP contribution in [0.15, 0.2) is 48.5 Å². The Kier molecular flexibility index (Phi) is 10.7. The van der Waals surface area contributed by atoms with Crippen LogP contribution in [0.25, 0.3) is 0 Å². The van der Waals surface area contributed by atoms with Crippen LogP contribution in [0.1, 0.15) is 50.7 Å². The fourth-order valence-electron chi connectivity index (χ4n) is 3.99. The molecule has 0 spiro atoms. The van der Waals surface area contributed by atoms with Crippen LogP contribution >= 0.6 is 0 Å². The average Bonchev–Trinajstić information content (AvgIpc) is 2.84. The number of ketones is 1. The van der Waals surface area contributed by atoms with Gasteiger partial charge in [0.25, 0.3) is 0 Å². The molecule has 0 N–H and O–H groups in total. The molecule has 0 saturated heterocycles. The molecule has 0 amide bonds. The molecule has 0 aliphatic rings. The Bertz CT molecular complexity index is 737. The van der Waals surface area contributed by atoms with Crippen LogP contribution in [0.4, 0.5) is 11.4 Å². The standard InChI is InChI=1S/C27H40N2O3/c1-7-28(17-19-31-5)25-13-9-23(10-14-25)21(3)27(30)22(4)24-11-15-26(16-12-24)29(8-2)18-20-32-6/h9-16,21-22H,7-8,17-20H2,1-6H3. The summed E-state index contributed by atoms with van der Waals surface area (Å²) in [4.78, 5) is 17.8. The van der Waals surface area contributed by atoms with Gasteiger partial charge in [-0.25, -0.2) is 0 Å². The minimum atomic E-state index is -0.151. The first-order valence-corrected chi connectivity index (χ1v) is 11.7. The molecule has 0 saturated carbocycles. The molecule has 5 heteroatoms. The molecule has 5 nitrogen and oxygen atoms in total. The van der Waals surface area contributed by atoms with Crippen LogP contribution in [0, 0.1) is 0 Å². The predicted molar refractivity (Wildman–Crippen MR) is 134 cm³/mol. The summed E-state index contributed by atoms with van der Waals surface area (Å²) < 4.78 is 10.4. The van der Waals surface area contributed by atoms with Gasteiger partial charge in [-0.2, -0.15) is 0 Å². The van der Waals surface area contributed by atoms with Gasteiger partial charge in [0.1, 0.15) is 5.78 Å². The van der Waals surface area contributed by atoms with E-state index in [4.69, 9.17) is 9.47 Å². The van der Waals surface area contributed by atoms with Crippen molar-refractivity contribution in [2.75, 3.05) is 63.4 Å². The van der Waals surface area contributed by atoms with Crippen molar-refractivity contribution in [2.45, 2.75) is 39.5 Å². The number of nitrogens with zero attached hydrogens (tertiary/aromatic N) is 2. The third-order valence-electron chi connectivity index (χ3n) is 6.26. The highest BCUT2D eigenvalue weighted by atomic mass is 16.5. The van der Waals surface area contributed by atoms with Gasteiger partial charge in [0.05, 0.1) is 13.2 Å². The molecule has 0 aliphatic carbocycles. The molecular formula is C27H40N2O3. The molecule has 2 aromatic rings. The van der Waals surface area contributed by atoms with Crippen molar-refractivity contribution in [1.82, 2.24) is 0 Å². The maximum atomic E-state index is 13.2. The van der Waals surface area contributed by atoms with Crippen molar-refractivity contribution in [2.24, 2.45) is 0 Å². The van der Waals surface area contributed by atoms with E-state index in [1.165, 1.54) is 0 Å². The van der Waals surface area contributed by atoms with E-state index < -0.39 is 0 Å². The number of ether oxygens (including phenoxy) is 2. The first-order chi connectivity index (χ1) is 15.5. The molecule has 2 atom stereocenters. The number of hydrogen-bond acceptors (Lipinski definition) is 5. The first kappa shape index (κ1) is 25.9. The Morgan fingerprint density at radius 2 is 1.06 bits per heavy atom. The number of anilines is 2. The lowest BCUT2D eigenvalue weighted by Crippen LogP contribution is -2.27. The van der Waals surface area contributed by atoms with Crippen LogP contribution in [-0.4, -0.2) is 59.4 Å². The third kappa shape index (κ3) is 6.81. The normalized spacial score (nSPS) is 12.9. The smallest absolute Gasteiger partial charge is 0.147 e. The van der Waals surface area contributed by atoms with Crippen molar-refractivity contribution in [3.8, 4) is 0 Å². The van der Waals surface area contributed by atoms with Crippen molar-refractivity contribution < 1.29 is 14.3 Å². The number of carbonyl (C=O) groups is 1. The molecule has 0 radical (unpaired) electrons. The molecule has 0 aromatic heterocycles. The highest BCUT2D eigenvalue weighted by molar-refractivity contribution is 5.91. The molecule has 0 fully saturated rings. The first-order valence-electron chi connectivity index (χ1n) is 11.7. The SMILES string of the molecule is CCN(CCOC)c1ccc(C(C)C(=O)C(C)c2ccc(N(CC)CCOC)cc2)cc1. The summed E-state index contributed by atoms with van der Waals surface area (Å²) in [5.74, 6) is -0.0628. The zero-order chi connectivity index (χ0) is 23.5. The molecule has 2 unspecified atom stereocenters. The molecule has 32 heavy (non-hydrogen) atoms. The zero-order valence-electron chi connectivity index (χ0n) is 20.6. The van der Waals surface area contributed by atoms with Gasteiger partial charge in [0, 0.05) is 63.6 Å². The van der Waals surface area contributed by atoms with Crippen molar-refractivity contribution >= 4 is 17.2 Å². The maximum Gasteiger partial charge on any atom is 0.147 e. The van der Waals surface area contributed by atoms with Crippen LogP contribution < -0.4 is 9.80 Å².